The second-order valence-corrected chi connectivity index (χ2v) is 5.22. The first kappa shape index (κ1) is 12.0. The summed E-state index contributed by atoms with van der Waals surface area (Å²) in [5, 5.41) is 0.939. The first-order chi connectivity index (χ1) is 9.24. The lowest BCUT2D eigenvalue weighted by molar-refractivity contribution is 0.626. The molecule has 0 aliphatic rings. The molecule has 0 saturated carbocycles. The molecule has 0 atom stereocenters. The largest absolute Gasteiger partial charge is 0.398 e. The van der Waals surface area contributed by atoms with Gasteiger partial charge < -0.3 is 5.73 Å². The molecule has 94 valence electrons. The number of rotatable bonds is 2. The molecule has 0 aliphatic heterocycles. The van der Waals surface area contributed by atoms with E-state index in [0.29, 0.717) is 5.69 Å². The van der Waals surface area contributed by atoms with E-state index in [2.05, 4.69) is 4.98 Å². The smallest absolute Gasteiger partial charge is 0.123 e. The molecule has 3 aromatic rings. The Morgan fingerprint density at radius 1 is 1.00 bits per heavy atom. The zero-order valence-electron chi connectivity index (χ0n) is 10.0. The minimum absolute atomic E-state index is 0.232. The molecule has 1 aromatic heterocycles. The Bertz CT molecular complexity index is 726. The van der Waals surface area contributed by atoms with Crippen LogP contribution in [-0.4, -0.2) is 4.98 Å². The predicted molar refractivity (Wildman–Crippen MR) is 76.7 cm³/mol. The number of nitrogens with two attached hydrogens (primary N) is 1. The van der Waals surface area contributed by atoms with Gasteiger partial charge in [0.1, 0.15) is 5.82 Å². The average Bonchev–Trinajstić information content (AvgIpc) is 2.45. The normalized spacial score (nSPS) is 10.8. The van der Waals surface area contributed by atoms with Crippen LogP contribution >= 0.6 is 11.8 Å². The van der Waals surface area contributed by atoms with Crippen molar-refractivity contribution in [1.29, 1.82) is 0 Å². The van der Waals surface area contributed by atoms with Gasteiger partial charge in [0.05, 0.1) is 5.52 Å². The van der Waals surface area contributed by atoms with Crippen molar-refractivity contribution in [1.82, 2.24) is 4.98 Å². The van der Waals surface area contributed by atoms with Crippen molar-refractivity contribution in [3.8, 4) is 0 Å². The maximum Gasteiger partial charge on any atom is 0.123 e. The highest BCUT2D eigenvalue weighted by Crippen LogP contribution is 2.34. The summed E-state index contributed by atoms with van der Waals surface area (Å²) in [5.41, 5.74) is 7.53. The number of pyridine rings is 1. The second-order valence-electron chi connectivity index (χ2n) is 4.11. The predicted octanol–water partition coefficient (Wildman–Crippen LogP) is 4.11. The van der Waals surface area contributed by atoms with Gasteiger partial charge in [-0.2, -0.15) is 0 Å². The van der Waals surface area contributed by atoms with Gasteiger partial charge in [-0.05, 0) is 48.5 Å². The zero-order chi connectivity index (χ0) is 13.2. The van der Waals surface area contributed by atoms with Gasteiger partial charge in [-0.15, -0.1) is 0 Å². The summed E-state index contributed by atoms with van der Waals surface area (Å²) in [6.07, 6.45) is 1.75. The highest BCUT2D eigenvalue weighted by atomic mass is 32.2. The van der Waals surface area contributed by atoms with E-state index in [9.17, 15) is 4.39 Å². The Balaban J connectivity index is 2.06. The van der Waals surface area contributed by atoms with Crippen LogP contribution < -0.4 is 5.73 Å². The van der Waals surface area contributed by atoms with E-state index in [1.54, 1.807) is 30.1 Å². The molecule has 4 heteroatoms. The average molecular weight is 270 g/mol. The van der Waals surface area contributed by atoms with Crippen molar-refractivity contribution in [3.05, 3.63) is 60.5 Å². The molecule has 2 N–H and O–H groups in total. The van der Waals surface area contributed by atoms with E-state index >= 15 is 0 Å². The number of hydrogen-bond donors (Lipinski definition) is 1. The highest BCUT2D eigenvalue weighted by molar-refractivity contribution is 7.99. The standard InChI is InChI=1S/C15H11FN2S/c16-10-3-5-11(6-4-10)19-14-8-7-13(17)12-2-1-9-18-15(12)14/h1-9H,17H2. The van der Waals surface area contributed by atoms with Gasteiger partial charge in [0, 0.05) is 27.1 Å². The fourth-order valence-electron chi connectivity index (χ4n) is 1.88. The SMILES string of the molecule is Nc1ccc(Sc2ccc(F)cc2)c2ncccc12. The Morgan fingerprint density at radius 3 is 2.58 bits per heavy atom. The Labute approximate surface area is 114 Å². The van der Waals surface area contributed by atoms with E-state index in [-0.39, 0.29) is 5.82 Å². The molecule has 0 radical (unpaired) electrons. The third kappa shape index (κ3) is 2.39. The van der Waals surface area contributed by atoms with Gasteiger partial charge in [-0.25, -0.2) is 4.39 Å². The molecule has 0 bridgehead atoms. The molecule has 2 aromatic carbocycles. The third-order valence-electron chi connectivity index (χ3n) is 2.81. The third-order valence-corrected chi connectivity index (χ3v) is 3.87. The van der Waals surface area contributed by atoms with Crippen molar-refractivity contribution in [2.24, 2.45) is 0 Å². The molecule has 2 nitrogen and oxygen atoms in total. The quantitative estimate of drug-likeness (QED) is 0.712. The summed E-state index contributed by atoms with van der Waals surface area (Å²) in [4.78, 5) is 6.36. The number of benzene rings is 2. The summed E-state index contributed by atoms with van der Waals surface area (Å²) in [7, 11) is 0. The van der Waals surface area contributed by atoms with Crippen LogP contribution in [0.5, 0.6) is 0 Å². The Morgan fingerprint density at radius 2 is 1.79 bits per heavy atom. The van der Waals surface area contributed by atoms with E-state index in [0.717, 1.165) is 20.7 Å². The molecule has 0 unspecified atom stereocenters. The monoisotopic (exact) mass is 270 g/mol. The summed E-state index contributed by atoms with van der Waals surface area (Å²) < 4.78 is 12.9. The van der Waals surface area contributed by atoms with Crippen LogP contribution in [0.2, 0.25) is 0 Å². The number of nitrogen functional groups attached to an aromatic ring is 1. The van der Waals surface area contributed by atoms with E-state index in [1.807, 2.05) is 24.3 Å². The van der Waals surface area contributed by atoms with Gasteiger partial charge >= 0.3 is 0 Å². The van der Waals surface area contributed by atoms with Crippen molar-refractivity contribution in [3.63, 3.8) is 0 Å². The molecule has 0 aliphatic carbocycles. The van der Waals surface area contributed by atoms with Crippen LogP contribution in [0.25, 0.3) is 10.9 Å². The molecule has 19 heavy (non-hydrogen) atoms. The number of fused-ring (bicyclic) bond motifs is 1. The summed E-state index contributed by atoms with van der Waals surface area (Å²) in [6.45, 7) is 0. The lowest BCUT2D eigenvalue weighted by atomic mass is 10.2. The fraction of sp³-hybridized carbons (Fsp3) is 0. The van der Waals surface area contributed by atoms with Gasteiger partial charge in [-0.1, -0.05) is 11.8 Å². The number of hydrogen-bond acceptors (Lipinski definition) is 3. The molecule has 0 saturated heterocycles. The number of anilines is 1. The fourth-order valence-corrected chi connectivity index (χ4v) is 2.80. The number of aromatic nitrogens is 1. The van der Waals surface area contributed by atoms with Crippen molar-refractivity contribution in [2.45, 2.75) is 9.79 Å². The van der Waals surface area contributed by atoms with Crippen LogP contribution in [0, 0.1) is 5.82 Å². The Kier molecular flexibility index (Phi) is 3.09. The van der Waals surface area contributed by atoms with Gasteiger partial charge in [0.25, 0.3) is 0 Å². The lowest BCUT2D eigenvalue weighted by Crippen LogP contribution is -1.90. The molecule has 1 heterocycles. The zero-order valence-corrected chi connectivity index (χ0v) is 10.8. The van der Waals surface area contributed by atoms with Crippen LogP contribution in [0.15, 0.2) is 64.5 Å². The maximum absolute atomic E-state index is 12.9. The summed E-state index contributed by atoms with van der Waals surface area (Å²) in [6, 6.07) is 14.0. The first-order valence-corrected chi connectivity index (χ1v) is 6.62. The van der Waals surface area contributed by atoms with Crippen molar-refractivity contribution in [2.75, 3.05) is 5.73 Å². The van der Waals surface area contributed by atoms with Crippen LogP contribution in [0.3, 0.4) is 0 Å². The molecule has 3 rings (SSSR count). The lowest BCUT2D eigenvalue weighted by Gasteiger charge is -2.07. The van der Waals surface area contributed by atoms with Gasteiger partial charge in [0.15, 0.2) is 0 Å². The summed E-state index contributed by atoms with van der Waals surface area (Å²) >= 11 is 1.55. The number of halogens is 1. The minimum Gasteiger partial charge on any atom is -0.398 e. The van der Waals surface area contributed by atoms with E-state index in [1.165, 1.54) is 12.1 Å². The second kappa shape index (κ2) is 4.90. The highest BCUT2D eigenvalue weighted by Gasteiger charge is 2.06. The van der Waals surface area contributed by atoms with Crippen LogP contribution in [-0.2, 0) is 0 Å². The maximum atomic E-state index is 12.9. The van der Waals surface area contributed by atoms with Crippen LogP contribution in [0.1, 0.15) is 0 Å². The summed E-state index contributed by atoms with van der Waals surface area (Å²) in [5.74, 6) is -0.232. The molecule has 0 fully saturated rings. The van der Waals surface area contributed by atoms with Crippen molar-refractivity contribution >= 4 is 28.4 Å². The van der Waals surface area contributed by atoms with E-state index < -0.39 is 0 Å². The molecular weight excluding hydrogens is 259 g/mol. The molecular formula is C15H11FN2S. The van der Waals surface area contributed by atoms with Gasteiger partial charge in [-0.3, -0.25) is 4.98 Å². The topological polar surface area (TPSA) is 38.9 Å². The Hall–Kier alpha value is -2.07. The molecule has 0 spiro atoms. The first-order valence-electron chi connectivity index (χ1n) is 5.81. The van der Waals surface area contributed by atoms with Crippen molar-refractivity contribution < 1.29 is 4.39 Å². The minimum atomic E-state index is -0.232. The molecule has 0 amide bonds. The number of nitrogens with zero attached hydrogens (tertiary/aromatic N) is 1. The van der Waals surface area contributed by atoms with Gasteiger partial charge in [0.2, 0.25) is 0 Å². The van der Waals surface area contributed by atoms with Crippen LogP contribution in [0.4, 0.5) is 10.1 Å². The van der Waals surface area contributed by atoms with E-state index in [4.69, 9.17) is 5.73 Å².